The summed E-state index contributed by atoms with van der Waals surface area (Å²) >= 11 is 0. The van der Waals surface area contributed by atoms with E-state index >= 15 is 0 Å². The van der Waals surface area contributed by atoms with Crippen LogP contribution in [0, 0.1) is 0 Å². The number of quaternary nitrogens is 1. The van der Waals surface area contributed by atoms with Crippen LogP contribution in [0.1, 0.15) is 47.5 Å². The van der Waals surface area contributed by atoms with Gasteiger partial charge in [0, 0.05) is 0 Å². The molecule has 2 nitrogen and oxygen atoms in total. The molecule has 0 saturated heterocycles. The lowest BCUT2D eigenvalue weighted by Gasteiger charge is -2.37. The first-order chi connectivity index (χ1) is 7.10. The van der Waals surface area contributed by atoms with Crippen molar-refractivity contribution in [1.29, 1.82) is 0 Å². The van der Waals surface area contributed by atoms with Crippen molar-refractivity contribution in [2.24, 2.45) is 0 Å². The number of hydrogen-bond donors (Lipinski definition) is 0. The number of nitrogens with zero attached hydrogens (tertiary/aromatic N) is 1. The second-order valence-electron chi connectivity index (χ2n) is 4.75. The summed E-state index contributed by atoms with van der Waals surface area (Å²) in [4.78, 5) is 0. The molecule has 0 aromatic carbocycles. The molecule has 0 heterocycles. The van der Waals surface area contributed by atoms with Gasteiger partial charge in [-0.15, -0.1) is 0 Å². The molecule has 2 heteroatoms. The van der Waals surface area contributed by atoms with E-state index in [-0.39, 0.29) is 0 Å². The minimum Gasteiger partial charge on any atom is -0.373 e. The molecule has 0 amide bonds. The molecule has 0 atom stereocenters. The predicted octanol–water partition coefficient (Wildman–Crippen LogP) is 3.07. The van der Waals surface area contributed by atoms with Crippen LogP contribution >= 0.6 is 0 Å². The first-order valence-electron chi connectivity index (χ1n) is 6.57. The van der Waals surface area contributed by atoms with Crippen LogP contribution in [0.25, 0.3) is 0 Å². The van der Waals surface area contributed by atoms with E-state index in [4.69, 9.17) is 4.74 Å². The summed E-state index contributed by atoms with van der Waals surface area (Å²) in [6, 6.07) is 0. The molecule has 0 saturated carbocycles. The van der Waals surface area contributed by atoms with E-state index in [1.807, 2.05) is 0 Å². The summed E-state index contributed by atoms with van der Waals surface area (Å²) in [5, 5.41) is 0. The van der Waals surface area contributed by atoms with Crippen LogP contribution in [0.3, 0.4) is 0 Å². The first-order valence-corrected chi connectivity index (χ1v) is 6.57. The maximum atomic E-state index is 5.68. The van der Waals surface area contributed by atoms with Gasteiger partial charge in [0.1, 0.15) is 6.54 Å². The molecule has 0 aliphatic heterocycles. The van der Waals surface area contributed by atoms with Crippen molar-refractivity contribution in [3.8, 4) is 0 Å². The van der Waals surface area contributed by atoms with Crippen molar-refractivity contribution in [2.75, 3.05) is 32.8 Å². The Kier molecular flexibility index (Phi) is 8.07. The van der Waals surface area contributed by atoms with Crippen LogP contribution in [-0.2, 0) is 4.74 Å². The second-order valence-corrected chi connectivity index (χ2v) is 4.75. The lowest BCUT2D eigenvalue weighted by molar-refractivity contribution is -0.927. The Hall–Kier alpha value is -0.0800. The molecule has 0 aromatic heterocycles. The fourth-order valence-corrected chi connectivity index (χ4v) is 2.24. The Balaban J connectivity index is 4.08. The van der Waals surface area contributed by atoms with Crippen molar-refractivity contribution in [2.45, 2.75) is 53.6 Å². The standard InChI is InChI=1S/C13H30NO/c1-6-9-14(8-3,10-7-2)11-12-15-13(4)5/h13H,6-12H2,1-5H3/q+1. The lowest BCUT2D eigenvalue weighted by atomic mass is 10.2. The van der Waals surface area contributed by atoms with Gasteiger partial charge >= 0.3 is 0 Å². The molecule has 15 heavy (non-hydrogen) atoms. The molecule has 0 radical (unpaired) electrons. The van der Waals surface area contributed by atoms with Gasteiger partial charge in [-0.3, -0.25) is 0 Å². The molecule has 0 spiro atoms. The number of hydrogen-bond acceptors (Lipinski definition) is 1. The molecule has 92 valence electrons. The Morgan fingerprint density at radius 2 is 1.47 bits per heavy atom. The minimum absolute atomic E-state index is 0.368. The Bertz CT molecular complexity index is 139. The van der Waals surface area contributed by atoms with Gasteiger partial charge in [0.05, 0.1) is 32.3 Å². The van der Waals surface area contributed by atoms with E-state index in [9.17, 15) is 0 Å². The third-order valence-corrected chi connectivity index (χ3v) is 3.08. The topological polar surface area (TPSA) is 9.23 Å². The molecule has 0 aliphatic rings. The van der Waals surface area contributed by atoms with Crippen LogP contribution in [0.5, 0.6) is 0 Å². The van der Waals surface area contributed by atoms with E-state index < -0.39 is 0 Å². The highest BCUT2D eigenvalue weighted by molar-refractivity contribution is 4.44. The third-order valence-electron chi connectivity index (χ3n) is 3.08. The smallest absolute Gasteiger partial charge is 0.102 e. The quantitative estimate of drug-likeness (QED) is 0.538. The summed E-state index contributed by atoms with van der Waals surface area (Å²) in [5.41, 5.74) is 0. The Morgan fingerprint density at radius 1 is 0.933 bits per heavy atom. The zero-order valence-electron chi connectivity index (χ0n) is 11.4. The molecule has 0 aromatic rings. The minimum atomic E-state index is 0.368. The van der Waals surface area contributed by atoms with Crippen LogP contribution < -0.4 is 0 Å². The van der Waals surface area contributed by atoms with Crippen LogP contribution in [0.15, 0.2) is 0 Å². The van der Waals surface area contributed by atoms with E-state index in [1.54, 1.807) is 0 Å². The third kappa shape index (κ3) is 6.16. The molecular weight excluding hydrogens is 186 g/mol. The molecule has 0 aliphatic carbocycles. The van der Waals surface area contributed by atoms with E-state index in [1.165, 1.54) is 43.5 Å². The van der Waals surface area contributed by atoms with Crippen LogP contribution in [0.4, 0.5) is 0 Å². The average molecular weight is 216 g/mol. The molecule has 0 N–H and O–H groups in total. The van der Waals surface area contributed by atoms with Gasteiger partial charge in [-0.1, -0.05) is 13.8 Å². The van der Waals surface area contributed by atoms with E-state index in [2.05, 4.69) is 34.6 Å². The normalized spacial score (nSPS) is 12.4. The lowest BCUT2D eigenvalue weighted by Crippen LogP contribution is -2.51. The summed E-state index contributed by atoms with van der Waals surface area (Å²) < 4.78 is 6.91. The largest absolute Gasteiger partial charge is 0.373 e. The van der Waals surface area contributed by atoms with E-state index in [0.717, 1.165) is 6.61 Å². The van der Waals surface area contributed by atoms with E-state index in [0.29, 0.717) is 6.10 Å². The Labute approximate surface area is 96.2 Å². The van der Waals surface area contributed by atoms with Crippen molar-refractivity contribution >= 4 is 0 Å². The Morgan fingerprint density at radius 3 is 1.80 bits per heavy atom. The summed E-state index contributed by atoms with van der Waals surface area (Å²) in [7, 11) is 0. The SMILES string of the molecule is CCC[N+](CC)(CCC)CCOC(C)C. The van der Waals surface area contributed by atoms with Gasteiger partial charge < -0.3 is 9.22 Å². The maximum Gasteiger partial charge on any atom is 0.102 e. The zero-order chi connectivity index (χ0) is 11.7. The molecule has 0 unspecified atom stereocenters. The molecule has 0 fully saturated rings. The second kappa shape index (κ2) is 8.12. The summed E-state index contributed by atoms with van der Waals surface area (Å²) in [5.74, 6) is 0. The van der Waals surface area contributed by atoms with Crippen LogP contribution in [0.2, 0.25) is 0 Å². The van der Waals surface area contributed by atoms with Gasteiger partial charge in [-0.05, 0) is 33.6 Å². The highest BCUT2D eigenvalue weighted by atomic mass is 16.5. The van der Waals surface area contributed by atoms with Gasteiger partial charge in [0.15, 0.2) is 0 Å². The summed E-state index contributed by atoms with van der Waals surface area (Å²) in [6.07, 6.45) is 2.91. The first kappa shape index (κ1) is 14.9. The highest BCUT2D eigenvalue weighted by Gasteiger charge is 2.22. The number of rotatable bonds is 9. The zero-order valence-corrected chi connectivity index (χ0v) is 11.4. The molecule has 0 bridgehead atoms. The predicted molar refractivity (Wildman–Crippen MR) is 67.1 cm³/mol. The highest BCUT2D eigenvalue weighted by Crippen LogP contribution is 2.10. The fourth-order valence-electron chi connectivity index (χ4n) is 2.24. The average Bonchev–Trinajstić information content (AvgIpc) is 2.17. The van der Waals surface area contributed by atoms with Gasteiger partial charge in [0.2, 0.25) is 0 Å². The van der Waals surface area contributed by atoms with Gasteiger partial charge in [-0.25, -0.2) is 0 Å². The molecule has 0 rings (SSSR count). The molecular formula is C13H30NO+. The van der Waals surface area contributed by atoms with Gasteiger partial charge in [-0.2, -0.15) is 0 Å². The van der Waals surface area contributed by atoms with Crippen molar-refractivity contribution in [3.05, 3.63) is 0 Å². The number of likely N-dealkylation sites (N-methyl/N-ethyl adjacent to an activating group) is 1. The van der Waals surface area contributed by atoms with Gasteiger partial charge in [0.25, 0.3) is 0 Å². The summed E-state index contributed by atoms with van der Waals surface area (Å²) in [6.45, 7) is 17.0. The van der Waals surface area contributed by atoms with Crippen molar-refractivity contribution in [1.82, 2.24) is 0 Å². The maximum absolute atomic E-state index is 5.68. The van der Waals surface area contributed by atoms with Crippen LogP contribution in [-0.4, -0.2) is 43.4 Å². The fraction of sp³-hybridized carbons (Fsp3) is 1.00. The van der Waals surface area contributed by atoms with Crippen molar-refractivity contribution < 1.29 is 9.22 Å². The monoisotopic (exact) mass is 216 g/mol. The number of ether oxygens (including phenoxy) is 1. The van der Waals surface area contributed by atoms with Crippen molar-refractivity contribution in [3.63, 3.8) is 0 Å².